The standard InChI is InChI=1S/C21H21ClN4O/c1-25-10-12-26(13-11-25)16-4-2-15(3-5-16)21(27)24-20-7-6-19(22)18-14-23-9-8-17(18)20/h2-9,14H,10-13H2,1H3,(H,24,27). The molecule has 2 heterocycles. The van der Waals surface area contributed by atoms with Crippen molar-refractivity contribution in [1.29, 1.82) is 0 Å². The third-order valence-electron chi connectivity index (χ3n) is 5.01. The molecular weight excluding hydrogens is 360 g/mol. The topological polar surface area (TPSA) is 48.5 Å². The number of hydrogen-bond acceptors (Lipinski definition) is 4. The average Bonchev–Trinajstić information content (AvgIpc) is 2.71. The Morgan fingerprint density at radius 2 is 1.74 bits per heavy atom. The van der Waals surface area contributed by atoms with Gasteiger partial charge in [-0.25, -0.2) is 0 Å². The summed E-state index contributed by atoms with van der Waals surface area (Å²) in [6.45, 7) is 4.13. The van der Waals surface area contributed by atoms with Crippen LogP contribution in [0.3, 0.4) is 0 Å². The molecule has 0 atom stereocenters. The van der Waals surface area contributed by atoms with E-state index in [1.165, 1.54) is 0 Å². The number of nitrogens with zero attached hydrogens (tertiary/aromatic N) is 3. The van der Waals surface area contributed by atoms with Crippen LogP contribution in [0.4, 0.5) is 11.4 Å². The lowest BCUT2D eigenvalue weighted by Gasteiger charge is -2.34. The quantitative estimate of drug-likeness (QED) is 0.748. The van der Waals surface area contributed by atoms with Crippen LogP contribution in [0, 0.1) is 0 Å². The van der Waals surface area contributed by atoms with Gasteiger partial charge in [0.2, 0.25) is 0 Å². The van der Waals surface area contributed by atoms with E-state index < -0.39 is 0 Å². The average molecular weight is 381 g/mol. The lowest BCUT2D eigenvalue weighted by molar-refractivity contribution is 0.102. The zero-order chi connectivity index (χ0) is 18.8. The Labute approximate surface area is 163 Å². The van der Waals surface area contributed by atoms with E-state index >= 15 is 0 Å². The van der Waals surface area contributed by atoms with Gasteiger partial charge in [-0.05, 0) is 49.5 Å². The van der Waals surface area contributed by atoms with E-state index in [1.54, 1.807) is 18.5 Å². The third kappa shape index (κ3) is 3.75. The summed E-state index contributed by atoms with van der Waals surface area (Å²) in [6, 6.07) is 13.2. The largest absolute Gasteiger partial charge is 0.369 e. The Bertz CT molecular complexity index is 966. The zero-order valence-electron chi connectivity index (χ0n) is 15.2. The number of likely N-dealkylation sites (N-methyl/N-ethyl adjacent to an activating group) is 1. The second-order valence-electron chi connectivity index (χ2n) is 6.81. The molecule has 6 heteroatoms. The number of aromatic nitrogens is 1. The Balaban J connectivity index is 1.51. The summed E-state index contributed by atoms with van der Waals surface area (Å²) >= 11 is 6.22. The van der Waals surface area contributed by atoms with Crippen LogP contribution in [0.25, 0.3) is 10.8 Å². The maximum atomic E-state index is 12.7. The molecule has 1 aromatic heterocycles. The predicted molar refractivity (Wildman–Crippen MR) is 111 cm³/mol. The van der Waals surface area contributed by atoms with Crippen molar-refractivity contribution in [3.05, 3.63) is 65.4 Å². The van der Waals surface area contributed by atoms with Gasteiger partial charge in [-0.15, -0.1) is 0 Å². The number of carbonyl (C=O) groups excluding carboxylic acids is 1. The molecule has 0 bridgehead atoms. The van der Waals surface area contributed by atoms with E-state index in [2.05, 4.69) is 27.1 Å². The molecule has 1 aliphatic rings. The molecule has 0 aliphatic carbocycles. The molecule has 5 nitrogen and oxygen atoms in total. The molecule has 2 aromatic carbocycles. The van der Waals surface area contributed by atoms with Gasteiger partial charge in [0.1, 0.15) is 0 Å². The highest BCUT2D eigenvalue weighted by molar-refractivity contribution is 6.36. The van der Waals surface area contributed by atoms with Gasteiger partial charge < -0.3 is 15.1 Å². The van der Waals surface area contributed by atoms with Crippen molar-refractivity contribution in [3.63, 3.8) is 0 Å². The monoisotopic (exact) mass is 380 g/mol. The number of halogens is 1. The van der Waals surface area contributed by atoms with Gasteiger partial charge in [0, 0.05) is 66.3 Å². The minimum absolute atomic E-state index is 0.139. The molecule has 3 aromatic rings. The van der Waals surface area contributed by atoms with Crippen molar-refractivity contribution in [3.8, 4) is 0 Å². The fourth-order valence-corrected chi connectivity index (χ4v) is 3.56. The molecule has 0 saturated carbocycles. The fourth-order valence-electron chi connectivity index (χ4n) is 3.35. The lowest BCUT2D eigenvalue weighted by atomic mass is 10.1. The van der Waals surface area contributed by atoms with Crippen LogP contribution in [-0.4, -0.2) is 49.0 Å². The smallest absolute Gasteiger partial charge is 0.255 e. The van der Waals surface area contributed by atoms with Crippen molar-refractivity contribution < 1.29 is 4.79 Å². The van der Waals surface area contributed by atoms with E-state index in [0.29, 0.717) is 10.6 Å². The molecule has 1 saturated heterocycles. The van der Waals surface area contributed by atoms with Gasteiger partial charge in [0.25, 0.3) is 5.91 Å². The number of nitrogens with one attached hydrogen (secondary N) is 1. The number of fused-ring (bicyclic) bond motifs is 1. The van der Waals surface area contributed by atoms with Gasteiger partial charge in [-0.2, -0.15) is 0 Å². The van der Waals surface area contributed by atoms with Crippen LogP contribution in [0.5, 0.6) is 0 Å². The van der Waals surface area contributed by atoms with Crippen molar-refractivity contribution in [1.82, 2.24) is 9.88 Å². The number of carbonyl (C=O) groups is 1. The van der Waals surface area contributed by atoms with Crippen molar-refractivity contribution in [2.75, 3.05) is 43.4 Å². The molecule has 1 N–H and O–H groups in total. The van der Waals surface area contributed by atoms with E-state index in [1.807, 2.05) is 36.4 Å². The number of amides is 1. The molecular formula is C21H21ClN4O. The number of benzene rings is 2. The SMILES string of the molecule is CN1CCN(c2ccc(C(=O)Nc3ccc(Cl)c4cnccc34)cc2)CC1. The van der Waals surface area contributed by atoms with Gasteiger partial charge in [-0.1, -0.05) is 11.6 Å². The van der Waals surface area contributed by atoms with Crippen LogP contribution in [-0.2, 0) is 0 Å². The molecule has 1 fully saturated rings. The van der Waals surface area contributed by atoms with Crippen LogP contribution in [0.1, 0.15) is 10.4 Å². The predicted octanol–water partition coefficient (Wildman–Crippen LogP) is 3.89. The third-order valence-corrected chi connectivity index (χ3v) is 5.34. The van der Waals surface area contributed by atoms with E-state index in [-0.39, 0.29) is 5.91 Å². The van der Waals surface area contributed by atoms with Crippen LogP contribution < -0.4 is 10.2 Å². The molecule has 0 radical (unpaired) electrons. The second-order valence-corrected chi connectivity index (χ2v) is 7.21. The summed E-state index contributed by atoms with van der Waals surface area (Å²) in [4.78, 5) is 21.5. The highest BCUT2D eigenvalue weighted by Crippen LogP contribution is 2.29. The minimum atomic E-state index is -0.139. The van der Waals surface area contributed by atoms with Crippen molar-refractivity contribution in [2.24, 2.45) is 0 Å². The van der Waals surface area contributed by atoms with Crippen LogP contribution >= 0.6 is 11.6 Å². The van der Waals surface area contributed by atoms with Crippen LogP contribution in [0.2, 0.25) is 5.02 Å². The molecule has 1 aliphatic heterocycles. The van der Waals surface area contributed by atoms with Crippen molar-refractivity contribution >= 4 is 39.7 Å². The Morgan fingerprint density at radius 1 is 1.00 bits per heavy atom. The van der Waals surface area contributed by atoms with Gasteiger partial charge in [0.15, 0.2) is 0 Å². The molecule has 4 rings (SSSR count). The Hall–Kier alpha value is -2.63. The first-order valence-electron chi connectivity index (χ1n) is 8.99. The van der Waals surface area contributed by atoms with E-state index in [0.717, 1.165) is 48.3 Å². The Morgan fingerprint density at radius 3 is 2.48 bits per heavy atom. The minimum Gasteiger partial charge on any atom is -0.369 e. The highest BCUT2D eigenvalue weighted by atomic mass is 35.5. The zero-order valence-corrected chi connectivity index (χ0v) is 15.9. The maximum Gasteiger partial charge on any atom is 0.255 e. The summed E-state index contributed by atoms with van der Waals surface area (Å²) in [5.74, 6) is -0.139. The lowest BCUT2D eigenvalue weighted by Crippen LogP contribution is -2.44. The Kier molecular flexibility index (Phi) is 4.97. The number of rotatable bonds is 3. The van der Waals surface area contributed by atoms with Gasteiger partial charge in [-0.3, -0.25) is 9.78 Å². The highest BCUT2D eigenvalue weighted by Gasteiger charge is 2.15. The molecule has 27 heavy (non-hydrogen) atoms. The summed E-state index contributed by atoms with van der Waals surface area (Å²) in [7, 11) is 2.14. The summed E-state index contributed by atoms with van der Waals surface area (Å²) < 4.78 is 0. The summed E-state index contributed by atoms with van der Waals surface area (Å²) in [5, 5.41) is 5.30. The number of piperazine rings is 1. The van der Waals surface area contributed by atoms with Gasteiger partial charge in [0.05, 0.1) is 5.02 Å². The first-order valence-corrected chi connectivity index (χ1v) is 9.37. The fraction of sp³-hybridized carbons (Fsp3) is 0.238. The van der Waals surface area contributed by atoms with Gasteiger partial charge >= 0.3 is 0 Å². The number of pyridine rings is 1. The van der Waals surface area contributed by atoms with Crippen LogP contribution in [0.15, 0.2) is 54.9 Å². The molecule has 0 spiro atoms. The van der Waals surface area contributed by atoms with E-state index in [4.69, 9.17) is 11.6 Å². The normalized spacial score (nSPS) is 15.1. The number of anilines is 2. The molecule has 138 valence electrons. The molecule has 0 unspecified atom stereocenters. The van der Waals surface area contributed by atoms with E-state index in [9.17, 15) is 4.79 Å². The number of hydrogen-bond donors (Lipinski definition) is 1. The first-order chi connectivity index (χ1) is 13.1. The van der Waals surface area contributed by atoms with Crippen molar-refractivity contribution in [2.45, 2.75) is 0 Å². The summed E-state index contributed by atoms with van der Waals surface area (Å²) in [6.07, 6.45) is 3.40. The molecule has 1 amide bonds. The first kappa shape index (κ1) is 17.8. The second kappa shape index (κ2) is 7.55. The maximum absolute atomic E-state index is 12.7. The summed E-state index contributed by atoms with van der Waals surface area (Å²) in [5.41, 5.74) is 2.51.